The maximum absolute atomic E-state index is 11.3. The first kappa shape index (κ1) is 14.2. The van der Waals surface area contributed by atoms with Crippen molar-refractivity contribution in [3.05, 3.63) is 12.7 Å². The van der Waals surface area contributed by atoms with E-state index in [-0.39, 0.29) is 17.9 Å². The van der Waals surface area contributed by atoms with E-state index in [1.165, 1.54) is 0 Å². The lowest BCUT2D eigenvalue weighted by atomic mass is 9.88. The van der Waals surface area contributed by atoms with Gasteiger partial charge in [-0.1, -0.05) is 19.9 Å². The summed E-state index contributed by atoms with van der Waals surface area (Å²) in [5.41, 5.74) is 0.0621. The van der Waals surface area contributed by atoms with Crippen molar-refractivity contribution in [3.63, 3.8) is 0 Å². The normalized spacial score (nSPS) is 11.1. The smallest absolute Gasteiger partial charge is 0.220 e. The standard InChI is InChI=1S/C12H23NO2/c1-4-5-7-11(15)13-10-12(2,3)8-6-9-14/h4,14H,1,5-10H2,2-3H3,(H,13,15). The number of hydrogen-bond donors (Lipinski definition) is 2. The molecule has 3 nitrogen and oxygen atoms in total. The van der Waals surface area contributed by atoms with Gasteiger partial charge in [0.05, 0.1) is 0 Å². The van der Waals surface area contributed by atoms with Gasteiger partial charge in [-0.25, -0.2) is 0 Å². The number of hydrogen-bond acceptors (Lipinski definition) is 2. The Morgan fingerprint density at radius 2 is 2.20 bits per heavy atom. The molecule has 2 N–H and O–H groups in total. The lowest BCUT2D eigenvalue weighted by Gasteiger charge is -2.24. The van der Waals surface area contributed by atoms with Crippen LogP contribution in [0.2, 0.25) is 0 Å². The van der Waals surface area contributed by atoms with Crippen molar-refractivity contribution in [2.75, 3.05) is 13.2 Å². The van der Waals surface area contributed by atoms with Crippen LogP contribution in [-0.2, 0) is 4.79 Å². The maximum atomic E-state index is 11.3. The van der Waals surface area contributed by atoms with Gasteiger partial charge in [0.15, 0.2) is 0 Å². The van der Waals surface area contributed by atoms with Crippen molar-refractivity contribution < 1.29 is 9.90 Å². The molecule has 0 aromatic rings. The average Bonchev–Trinajstić information content (AvgIpc) is 2.21. The highest BCUT2D eigenvalue weighted by Crippen LogP contribution is 2.20. The molecule has 0 aliphatic carbocycles. The molecule has 0 aliphatic heterocycles. The van der Waals surface area contributed by atoms with Crippen LogP contribution in [0.25, 0.3) is 0 Å². The van der Waals surface area contributed by atoms with Gasteiger partial charge >= 0.3 is 0 Å². The fourth-order valence-electron chi connectivity index (χ4n) is 1.31. The number of amides is 1. The fourth-order valence-corrected chi connectivity index (χ4v) is 1.31. The highest BCUT2D eigenvalue weighted by Gasteiger charge is 2.17. The number of carbonyl (C=O) groups excluding carboxylic acids is 1. The Bertz CT molecular complexity index is 200. The van der Waals surface area contributed by atoms with Crippen LogP contribution in [0.15, 0.2) is 12.7 Å². The fraction of sp³-hybridized carbons (Fsp3) is 0.750. The van der Waals surface area contributed by atoms with E-state index in [9.17, 15) is 4.79 Å². The summed E-state index contributed by atoms with van der Waals surface area (Å²) in [6.45, 7) is 8.65. The maximum Gasteiger partial charge on any atom is 0.220 e. The van der Waals surface area contributed by atoms with Gasteiger partial charge in [-0.2, -0.15) is 0 Å². The average molecular weight is 213 g/mol. The van der Waals surface area contributed by atoms with Gasteiger partial charge in [-0.3, -0.25) is 4.79 Å². The minimum Gasteiger partial charge on any atom is -0.396 e. The predicted molar refractivity (Wildman–Crippen MR) is 62.5 cm³/mol. The highest BCUT2D eigenvalue weighted by molar-refractivity contribution is 5.75. The van der Waals surface area contributed by atoms with Crippen LogP contribution in [0.5, 0.6) is 0 Å². The van der Waals surface area contributed by atoms with Crippen LogP contribution in [0.1, 0.15) is 39.5 Å². The molecule has 0 radical (unpaired) electrons. The summed E-state index contributed by atoms with van der Waals surface area (Å²) >= 11 is 0. The third-order valence-corrected chi connectivity index (χ3v) is 2.35. The third kappa shape index (κ3) is 8.18. The van der Waals surface area contributed by atoms with Crippen molar-refractivity contribution in [1.29, 1.82) is 0 Å². The molecule has 1 amide bonds. The summed E-state index contributed by atoms with van der Waals surface area (Å²) in [7, 11) is 0. The van der Waals surface area contributed by atoms with E-state index in [1.54, 1.807) is 6.08 Å². The molecule has 0 rings (SSSR count). The number of carbonyl (C=O) groups is 1. The Morgan fingerprint density at radius 3 is 2.73 bits per heavy atom. The first-order valence-corrected chi connectivity index (χ1v) is 5.50. The monoisotopic (exact) mass is 213 g/mol. The zero-order chi connectivity index (χ0) is 11.7. The number of allylic oxidation sites excluding steroid dienone is 1. The molecule has 15 heavy (non-hydrogen) atoms. The summed E-state index contributed by atoms with van der Waals surface area (Å²) in [6, 6.07) is 0. The van der Waals surface area contributed by atoms with Crippen molar-refractivity contribution in [2.45, 2.75) is 39.5 Å². The van der Waals surface area contributed by atoms with Crippen molar-refractivity contribution in [1.82, 2.24) is 5.32 Å². The number of nitrogens with one attached hydrogen (secondary N) is 1. The molecular formula is C12H23NO2. The Kier molecular flexibility index (Phi) is 7.05. The number of aliphatic hydroxyl groups is 1. The van der Waals surface area contributed by atoms with Gasteiger partial charge in [0.25, 0.3) is 0 Å². The molecule has 3 heteroatoms. The molecule has 0 bridgehead atoms. The second kappa shape index (κ2) is 7.46. The van der Waals surface area contributed by atoms with Gasteiger partial charge in [0.2, 0.25) is 5.91 Å². The summed E-state index contributed by atoms with van der Waals surface area (Å²) in [5.74, 6) is 0.0759. The molecule has 0 saturated heterocycles. The molecule has 0 spiro atoms. The second-order valence-corrected chi connectivity index (χ2v) is 4.60. The van der Waals surface area contributed by atoms with Crippen LogP contribution >= 0.6 is 0 Å². The Labute approximate surface area is 92.6 Å². The first-order valence-electron chi connectivity index (χ1n) is 5.50. The predicted octanol–water partition coefficient (Wildman–Crippen LogP) is 1.87. The van der Waals surface area contributed by atoms with E-state index < -0.39 is 0 Å². The van der Waals surface area contributed by atoms with Crippen LogP contribution in [0, 0.1) is 5.41 Å². The zero-order valence-corrected chi connectivity index (χ0v) is 9.88. The van der Waals surface area contributed by atoms with E-state index in [2.05, 4.69) is 25.7 Å². The number of rotatable bonds is 8. The van der Waals surface area contributed by atoms with Gasteiger partial charge in [-0.05, 0) is 24.7 Å². The SMILES string of the molecule is C=CCCC(=O)NCC(C)(C)CCCO. The van der Waals surface area contributed by atoms with Gasteiger partial charge in [0.1, 0.15) is 0 Å². The third-order valence-electron chi connectivity index (χ3n) is 2.35. The van der Waals surface area contributed by atoms with E-state index in [4.69, 9.17) is 5.11 Å². The van der Waals surface area contributed by atoms with Gasteiger partial charge < -0.3 is 10.4 Å². The van der Waals surface area contributed by atoms with Crippen LogP contribution < -0.4 is 5.32 Å². The van der Waals surface area contributed by atoms with Crippen LogP contribution in [0.3, 0.4) is 0 Å². The topological polar surface area (TPSA) is 49.3 Å². The van der Waals surface area contributed by atoms with Crippen LogP contribution in [-0.4, -0.2) is 24.2 Å². The largest absolute Gasteiger partial charge is 0.396 e. The molecule has 88 valence electrons. The molecule has 0 heterocycles. The van der Waals surface area contributed by atoms with Crippen molar-refractivity contribution in [3.8, 4) is 0 Å². The molecule has 0 fully saturated rings. The van der Waals surface area contributed by atoms with E-state index in [0.29, 0.717) is 13.0 Å². The lowest BCUT2D eigenvalue weighted by molar-refractivity contribution is -0.121. The molecule has 0 atom stereocenters. The lowest BCUT2D eigenvalue weighted by Crippen LogP contribution is -2.33. The quantitative estimate of drug-likeness (QED) is 0.605. The molecule has 0 saturated carbocycles. The van der Waals surface area contributed by atoms with Crippen LogP contribution in [0.4, 0.5) is 0 Å². The molecular weight excluding hydrogens is 190 g/mol. The molecule has 0 aliphatic rings. The Hall–Kier alpha value is -0.830. The minimum atomic E-state index is 0.0621. The Morgan fingerprint density at radius 1 is 1.53 bits per heavy atom. The van der Waals surface area contributed by atoms with Crippen molar-refractivity contribution >= 4 is 5.91 Å². The van der Waals surface area contributed by atoms with E-state index >= 15 is 0 Å². The summed E-state index contributed by atoms with van der Waals surface area (Å²) in [6.07, 6.45) is 4.69. The minimum absolute atomic E-state index is 0.0621. The summed E-state index contributed by atoms with van der Waals surface area (Å²) < 4.78 is 0. The zero-order valence-electron chi connectivity index (χ0n) is 9.88. The first-order chi connectivity index (χ1) is 7.02. The summed E-state index contributed by atoms with van der Waals surface area (Å²) in [4.78, 5) is 11.3. The highest BCUT2D eigenvalue weighted by atomic mass is 16.2. The number of aliphatic hydroxyl groups excluding tert-OH is 1. The molecule has 0 aromatic carbocycles. The van der Waals surface area contributed by atoms with Crippen molar-refractivity contribution in [2.24, 2.45) is 5.41 Å². The molecule has 0 unspecified atom stereocenters. The second-order valence-electron chi connectivity index (χ2n) is 4.60. The molecule has 0 aromatic heterocycles. The summed E-state index contributed by atoms with van der Waals surface area (Å²) in [5, 5.41) is 11.6. The van der Waals surface area contributed by atoms with E-state index in [0.717, 1.165) is 19.3 Å². The van der Waals surface area contributed by atoms with Gasteiger partial charge in [0, 0.05) is 19.6 Å². The Balaban J connectivity index is 3.71. The van der Waals surface area contributed by atoms with Gasteiger partial charge in [-0.15, -0.1) is 6.58 Å². The van der Waals surface area contributed by atoms with E-state index in [1.807, 2.05) is 0 Å².